The Labute approximate surface area is 200 Å². The molecule has 0 saturated heterocycles. The number of carbonyl (C=O) groups is 1. The van der Waals surface area contributed by atoms with Crippen LogP contribution in [0.1, 0.15) is 49.7 Å². The quantitative estimate of drug-likeness (QED) is 0.376. The molecule has 1 heterocycles. The van der Waals surface area contributed by atoms with Crippen molar-refractivity contribution in [3.05, 3.63) is 89.3 Å². The number of carboxylic acid groups (broad SMARTS) is 1. The zero-order valence-corrected chi connectivity index (χ0v) is 19.2. The van der Waals surface area contributed by atoms with Crippen molar-refractivity contribution in [2.24, 2.45) is 0 Å². The molecule has 0 aliphatic carbocycles. The molecule has 35 heavy (non-hydrogen) atoms. The van der Waals surface area contributed by atoms with Crippen LogP contribution < -0.4 is 0 Å². The first-order valence-corrected chi connectivity index (χ1v) is 11.0. The second-order valence-electron chi connectivity index (χ2n) is 8.26. The molecule has 0 aliphatic heterocycles. The number of benzene rings is 2. The first-order chi connectivity index (χ1) is 16.7. The van der Waals surface area contributed by atoms with Gasteiger partial charge in [0.25, 0.3) is 0 Å². The van der Waals surface area contributed by atoms with E-state index in [0.717, 1.165) is 0 Å². The average molecular weight is 485 g/mol. The molecule has 1 aromatic heterocycles. The predicted molar refractivity (Wildman–Crippen MR) is 125 cm³/mol. The molecule has 0 saturated carbocycles. The van der Waals surface area contributed by atoms with Crippen LogP contribution in [0.2, 0.25) is 0 Å². The van der Waals surface area contributed by atoms with Crippen LogP contribution in [0.25, 0.3) is 11.1 Å². The Morgan fingerprint density at radius 2 is 1.54 bits per heavy atom. The van der Waals surface area contributed by atoms with Crippen molar-refractivity contribution < 1.29 is 28.9 Å². The largest absolute Gasteiger partial charge is 0.481 e. The molecule has 0 fully saturated rings. The number of aliphatic hydroxyl groups excluding tert-OH is 2. The Morgan fingerprint density at radius 3 is 2.03 bits per heavy atom. The Morgan fingerprint density at radius 1 is 1.00 bits per heavy atom. The van der Waals surface area contributed by atoms with Crippen LogP contribution in [0, 0.1) is 11.6 Å². The number of aliphatic hydroxyl groups is 2. The van der Waals surface area contributed by atoms with Gasteiger partial charge in [-0.2, -0.15) is 0 Å². The van der Waals surface area contributed by atoms with Crippen molar-refractivity contribution in [1.82, 2.24) is 20.2 Å². The van der Waals surface area contributed by atoms with Gasteiger partial charge in [0.05, 0.1) is 24.7 Å². The fourth-order valence-electron chi connectivity index (χ4n) is 3.55. The summed E-state index contributed by atoms with van der Waals surface area (Å²) in [6.45, 7) is 3.77. The molecular formula is C25H26F2N4O4. The summed E-state index contributed by atoms with van der Waals surface area (Å²) < 4.78 is 29.0. The van der Waals surface area contributed by atoms with Gasteiger partial charge in [-0.15, -0.1) is 5.10 Å². The minimum Gasteiger partial charge on any atom is -0.481 e. The Kier molecular flexibility index (Phi) is 8.56. The van der Waals surface area contributed by atoms with Gasteiger partial charge >= 0.3 is 5.97 Å². The molecule has 3 rings (SSSR count). The van der Waals surface area contributed by atoms with E-state index in [9.17, 15) is 23.8 Å². The third-order valence-corrected chi connectivity index (χ3v) is 5.17. The molecule has 0 radical (unpaired) electrons. The molecule has 2 aromatic carbocycles. The molecule has 3 N–H and O–H groups in total. The lowest BCUT2D eigenvalue weighted by atomic mass is 9.91. The molecule has 0 bridgehead atoms. The van der Waals surface area contributed by atoms with Crippen LogP contribution >= 0.6 is 0 Å². The summed E-state index contributed by atoms with van der Waals surface area (Å²) in [6.07, 6.45) is -0.166. The van der Waals surface area contributed by atoms with Gasteiger partial charge in [0.1, 0.15) is 11.6 Å². The molecule has 3 aromatic rings. The second-order valence-corrected chi connectivity index (χ2v) is 8.26. The van der Waals surface area contributed by atoms with Crippen LogP contribution in [0.4, 0.5) is 8.78 Å². The van der Waals surface area contributed by atoms with E-state index in [0.29, 0.717) is 28.1 Å². The number of aliphatic carboxylic acids is 1. The molecule has 0 amide bonds. The number of aromatic nitrogens is 4. The van der Waals surface area contributed by atoms with Gasteiger partial charge in [0, 0.05) is 12.0 Å². The number of tetrazole rings is 1. The van der Waals surface area contributed by atoms with Crippen molar-refractivity contribution >= 4 is 17.1 Å². The highest BCUT2D eigenvalue weighted by Crippen LogP contribution is 2.33. The van der Waals surface area contributed by atoms with E-state index in [4.69, 9.17) is 5.11 Å². The standard InChI is InChI=1S/C25H26F2N4O4/c1-15(2)31-25(28-29-30-31)22(12-11-20(32)13-21(33)14-23(34)35)24(16-3-7-18(26)8-4-16)17-5-9-19(27)10-6-17/h3-12,15,20-21,32-33H,13-14H2,1-2H3,(H,34,35)/b12-11+/t20-,21-/m1/s1. The summed E-state index contributed by atoms with van der Waals surface area (Å²) in [7, 11) is 0. The number of hydrogen-bond acceptors (Lipinski definition) is 6. The maximum atomic E-state index is 13.7. The first kappa shape index (κ1) is 25.9. The minimum atomic E-state index is -1.24. The van der Waals surface area contributed by atoms with E-state index in [-0.39, 0.29) is 12.5 Å². The van der Waals surface area contributed by atoms with E-state index < -0.39 is 36.2 Å². The highest BCUT2D eigenvalue weighted by molar-refractivity contribution is 6.00. The second kappa shape index (κ2) is 11.6. The van der Waals surface area contributed by atoms with Crippen molar-refractivity contribution in [2.45, 2.75) is 44.9 Å². The van der Waals surface area contributed by atoms with Crippen molar-refractivity contribution in [1.29, 1.82) is 0 Å². The first-order valence-electron chi connectivity index (χ1n) is 11.0. The molecule has 8 nitrogen and oxygen atoms in total. The summed E-state index contributed by atoms with van der Waals surface area (Å²) in [5.41, 5.74) is 2.19. The van der Waals surface area contributed by atoms with E-state index in [2.05, 4.69) is 15.5 Å². The number of rotatable bonds is 10. The molecule has 184 valence electrons. The van der Waals surface area contributed by atoms with Gasteiger partial charge < -0.3 is 15.3 Å². The number of hydrogen-bond donors (Lipinski definition) is 3. The lowest BCUT2D eigenvalue weighted by Crippen LogP contribution is -2.19. The molecule has 10 heteroatoms. The van der Waals surface area contributed by atoms with Gasteiger partial charge in [-0.3, -0.25) is 4.79 Å². The van der Waals surface area contributed by atoms with Gasteiger partial charge in [-0.1, -0.05) is 36.4 Å². The van der Waals surface area contributed by atoms with E-state index >= 15 is 0 Å². The lowest BCUT2D eigenvalue weighted by Gasteiger charge is -2.16. The van der Waals surface area contributed by atoms with Crippen LogP contribution in [0.5, 0.6) is 0 Å². The Bertz CT molecular complexity index is 1160. The predicted octanol–water partition coefficient (Wildman–Crippen LogP) is 3.63. The molecular weight excluding hydrogens is 458 g/mol. The summed E-state index contributed by atoms with van der Waals surface area (Å²) in [4.78, 5) is 10.8. The van der Waals surface area contributed by atoms with Gasteiger partial charge in [0.15, 0.2) is 5.82 Å². The van der Waals surface area contributed by atoms with E-state index in [1.165, 1.54) is 30.3 Å². The highest BCUT2D eigenvalue weighted by atomic mass is 19.1. The summed E-state index contributed by atoms with van der Waals surface area (Å²) in [5, 5.41) is 41.1. The maximum Gasteiger partial charge on any atom is 0.305 e. The van der Waals surface area contributed by atoms with E-state index in [1.807, 2.05) is 13.8 Å². The summed E-state index contributed by atoms with van der Waals surface area (Å²) in [5.74, 6) is -1.70. The van der Waals surface area contributed by atoms with Gasteiger partial charge in [-0.25, -0.2) is 13.5 Å². The molecule has 0 unspecified atom stereocenters. The van der Waals surface area contributed by atoms with Gasteiger partial charge in [-0.05, 0) is 65.2 Å². The fraction of sp³-hybridized carbons (Fsp3) is 0.280. The molecule has 0 aliphatic rings. The highest BCUT2D eigenvalue weighted by Gasteiger charge is 2.20. The topological polar surface area (TPSA) is 121 Å². The Hall–Kier alpha value is -3.76. The summed E-state index contributed by atoms with van der Waals surface area (Å²) in [6, 6.07) is 11.3. The van der Waals surface area contributed by atoms with Crippen LogP contribution in [0.15, 0.2) is 60.7 Å². The van der Waals surface area contributed by atoms with Crippen molar-refractivity contribution in [3.63, 3.8) is 0 Å². The smallest absolute Gasteiger partial charge is 0.305 e. The molecule has 0 spiro atoms. The van der Waals surface area contributed by atoms with Crippen LogP contribution in [-0.2, 0) is 4.79 Å². The summed E-state index contributed by atoms with van der Waals surface area (Å²) >= 11 is 0. The average Bonchev–Trinajstić information content (AvgIpc) is 3.28. The fourth-order valence-corrected chi connectivity index (χ4v) is 3.55. The zero-order valence-electron chi connectivity index (χ0n) is 19.2. The van der Waals surface area contributed by atoms with E-state index in [1.54, 1.807) is 35.0 Å². The third-order valence-electron chi connectivity index (χ3n) is 5.17. The van der Waals surface area contributed by atoms with Crippen LogP contribution in [-0.4, -0.2) is 53.7 Å². The zero-order chi connectivity index (χ0) is 25.5. The normalized spacial score (nSPS) is 13.2. The number of halogens is 2. The SMILES string of the molecule is CC(C)n1nnnc1C(/C=C/[C@@H](O)C[C@@H](O)CC(=O)O)=C(c1ccc(F)cc1)c1ccc(F)cc1. The monoisotopic (exact) mass is 484 g/mol. The Balaban J connectivity index is 2.20. The molecule has 2 atom stereocenters. The maximum absolute atomic E-state index is 13.7. The van der Waals surface area contributed by atoms with Crippen LogP contribution in [0.3, 0.4) is 0 Å². The third kappa shape index (κ3) is 6.87. The number of carboxylic acids is 1. The minimum absolute atomic E-state index is 0.131. The van der Waals surface area contributed by atoms with Crippen molar-refractivity contribution in [2.75, 3.05) is 0 Å². The van der Waals surface area contributed by atoms with Gasteiger partial charge in [0.2, 0.25) is 0 Å². The number of nitrogens with zero attached hydrogens (tertiary/aromatic N) is 4. The van der Waals surface area contributed by atoms with Crippen molar-refractivity contribution in [3.8, 4) is 0 Å². The lowest BCUT2D eigenvalue weighted by molar-refractivity contribution is -0.139. The number of allylic oxidation sites excluding steroid dienone is 2.